The zero-order chi connectivity index (χ0) is 14.4. The van der Waals surface area contributed by atoms with Crippen LogP contribution in [-0.2, 0) is 6.42 Å². The van der Waals surface area contributed by atoms with Gasteiger partial charge >= 0.3 is 0 Å². The van der Waals surface area contributed by atoms with Crippen LogP contribution in [0.3, 0.4) is 0 Å². The highest BCUT2D eigenvalue weighted by Crippen LogP contribution is 2.20. The Hall–Kier alpha value is -2.10. The summed E-state index contributed by atoms with van der Waals surface area (Å²) in [5, 5.41) is 6.58. The molecule has 0 saturated carbocycles. The zero-order valence-corrected chi connectivity index (χ0v) is 12.4. The van der Waals surface area contributed by atoms with E-state index in [-0.39, 0.29) is 0 Å². The lowest BCUT2D eigenvalue weighted by Gasteiger charge is -2.11. The molecule has 20 heavy (non-hydrogen) atoms. The Balaban J connectivity index is 2.18. The molecule has 0 aliphatic heterocycles. The monoisotopic (exact) mass is 270 g/mol. The molecule has 4 heteroatoms. The molecular weight excluding hydrogens is 248 g/mol. The standard InChI is InChI=1S/C16H22N4/c1-4-9-17-16-18-11-12(3)15(20-16)19-14-8-6-7-13(5-2)10-14/h6-8,10-11H,4-5,9H2,1-3H3,(H2,17,18,19,20). The largest absolute Gasteiger partial charge is 0.354 e. The number of aryl methyl sites for hydroxylation is 2. The summed E-state index contributed by atoms with van der Waals surface area (Å²) < 4.78 is 0. The molecule has 0 fully saturated rings. The van der Waals surface area contributed by atoms with Crippen LogP contribution in [0.5, 0.6) is 0 Å². The van der Waals surface area contributed by atoms with Gasteiger partial charge in [0.25, 0.3) is 0 Å². The van der Waals surface area contributed by atoms with E-state index < -0.39 is 0 Å². The molecule has 0 spiro atoms. The quantitative estimate of drug-likeness (QED) is 0.835. The van der Waals surface area contributed by atoms with Crippen molar-refractivity contribution in [2.24, 2.45) is 0 Å². The van der Waals surface area contributed by atoms with Crippen LogP contribution in [-0.4, -0.2) is 16.5 Å². The second-order valence-corrected chi connectivity index (χ2v) is 4.83. The fourth-order valence-electron chi connectivity index (χ4n) is 1.90. The molecule has 0 aliphatic carbocycles. The molecule has 2 rings (SSSR count). The lowest BCUT2D eigenvalue weighted by atomic mass is 10.1. The maximum Gasteiger partial charge on any atom is 0.224 e. The van der Waals surface area contributed by atoms with Crippen LogP contribution in [0.2, 0.25) is 0 Å². The van der Waals surface area contributed by atoms with Gasteiger partial charge in [-0.05, 0) is 37.5 Å². The van der Waals surface area contributed by atoms with E-state index in [2.05, 4.69) is 58.7 Å². The predicted molar refractivity (Wildman–Crippen MR) is 84.7 cm³/mol. The first-order chi connectivity index (χ1) is 9.72. The van der Waals surface area contributed by atoms with E-state index in [0.29, 0.717) is 5.95 Å². The third kappa shape index (κ3) is 3.70. The van der Waals surface area contributed by atoms with E-state index >= 15 is 0 Å². The Morgan fingerprint density at radius 3 is 2.80 bits per heavy atom. The summed E-state index contributed by atoms with van der Waals surface area (Å²) in [6, 6.07) is 8.40. The Morgan fingerprint density at radius 2 is 2.05 bits per heavy atom. The number of benzene rings is 1. The van der Waals surface area contributed by atoms with Gasteiger partial charge in [-0.2, -0.15) is 4.98 Å². The molecule has 0 unspecified atom stereocenters. The van der Waals surface area contributed by atoms with Crippen LogP contribution in [0.25, 0.3) is 0 Å². The van der Waals surface area contributed by atoms with Gasteiger partial charge in [-0.25, -0.2) is 4.98 Å². The first-order valence-electron chi connectivity index (χ1n) is 7.16. The Bertz CT molecular complexity index is 566. The first-order valence-corrected chi connectivity index (χ1v) is 7.16. The second kappa shape index (κ2) is 6.89. The van der Waals surface area contributed by atoms with Gasteiger partial charge in [0.2, 0.25) is 5.95 Å². The van der Waals surface area contributed by atoms with Crippen molar-refractivity contribution < 1.29 is 0 Å². The Morgan fingerprint density at radius 1 is 1.20 bits per heavy atom. The highest BCUT2D eigenvalue weighted by atomic mass is 15.1. The zero-order valence-electron chi connectivity index (χ0n) is 12.4. The van der Waals surface area contributed by atoms with Crippen LogP contribution in [0.1, 0.15) is 31.4 Å². The van der Waals surface area contributed by atoms with Gasteiger partial charge < -0.3 is 10.6 Å². The topological polar surface area (TPSA) is 49.8 Å². The highest BCUT2D eigenvalue weighted by Gasteiger charge is 2.04. The Labute approximate surface area is 120 Å². The molecule has 106 valence electrons. The van der Waals surface area contributed by atoms with Gasteiger partial charge in [-0.15, -0.1) is 0 Å². The fourth-order valence-corrected chi connectivity index (χ4v) is 1.90. The summed E-state index contributed by atoms with van der Waals surface area (Å²) in [5.74, 6) is 1.53. The molecule has 0 aliphatic rings. The minimum Gasteiger partial charge on any atom is -0.354 e. The van der Waals surface area contributed by atoms with Crippen molar-refractivity contribution in [2.75, 3.05) is 17.2 Å². The van der Waals surface area contributed by atoms with Crippen molar-refractivity contribution in [2.45, 2.75) is 33.6 Å². The summed E-state index contributed by atoms with van der Waals surface area (Å²) in [6.45, 7) is 7.17. The predicted octanol–water partition coefficient (Wildman–Crippen LogP) is 3.91. The number of hydrogen-bond donors (Lipinski definition) is 2. The van der Waals surface area contributed by atoms with E-state index in [1.165, 1.54) is 5.56 Å². The first kappa shape index (κ1) is 14.3. The number of hydrogen-bond acceptors (Lipinski definition) is 4. The third-order valence-corrected chi connectivity index (χ3v) is 3.10. The molecule has 0 saturated heterocycles. The molecule has 1 aromatic heterocycles. The SMILES string of the molecule is CCCNc1ncc(C)c(Nc2cccc(CC)c2)n1. The number of rotatable bonds is 6. The number of nitrogens with one attached hydrogen (secondary N) is 2. The number of anilines is 3. The van der Waals surface area contributed by atoms with Crippen LogP contribution >= 0.6 is 0 Å². The second-order valence-electron chi connectivity index (χ2n) is 4.83. The maximum absolute atomic E-state index is 4.53. The fraction of sp³-hybridized carbons (Fsp3) is 0.375. The van der Waals surface area contributed by atoms with E-state index in [1.807, 2.05) is 13.1 Å². The molecule has 1 heterocycles. The Kier molecular flexibility index (Phi) is 4.93. The van der Waals surface area contributed by atoms with Gasteiger partial charge in [0.05, 0.1) is 0 Å². The van der Waals surface area contributed by atoms with Crippen molar-refractivity contribution in [3.63, 3.8) is 0 Å². The summed E-state index contributed by atoms with van der Waals surface area (Å²) in [6.07, 6.45) is 3.93. The lowest BCUT2D eigenvalue weighted by Crippen LogP contribution is -2.06. The average Bonchev–Trinajstić information content (AvgIpc) is 2.48. The van der Waals surface area contributed by atoms with E-state index in [9.17, 15) is 0 Å². The normalized spacial score (nSPS) is 10.3. The molecule has 0 amide bonds. The number of aromatic nitrogens is 2. The molecule has 0 bridgehead atoms. The van der Waals surface area contributed by atoms with Gasteiger partial charge in [-0.1, -0.05) is 26.0 Å². The molecule has 4 nitrogen and oxygen atoms in total. The van der Waals surface area contributed by atoms with E-state index in [1.54, 1.807) is 0 Å². The maximum atomic E-state index is 4.53. The van der Waals surface area contributed by atoms with Crippen molar-refractivity contribution in [1.29, 1.82) is 0 Å². The summed E-state index contributed by atoms with van der Waals surface area (Å²) in [4.78, 5) is 8.82. The number of nitrogens with zero attached hydrogens (tertiary/aromatic N) is 2. The minimum absolute atomic E-state index is 0.673. The molecule has 2 aromatic rings. The molecule has 2 N–H and O–H groups in total. The van der Waals surface area contributed by atoms with Gasteiger partial charge in [0, 0.05) is 24.0 Å². The third-order valence-electron chi connectivity index (χ3n) is 3.10. The lowest BCUT2D eigenvalue weighted by molar-refractivity contribution is 0.950. The van der Waals surface area contributed by atoms with Crippen molar-refractivity contribution in [3.8, 4) is 0 Å². The van der Waals surface area contributed by atoms with Crippen molar-refractivity contribution in [1.82, 2.24) is 9.97 Å². The van der Waals surface area contributed by atoms with Crippen molar-refractivity contribution >= 4 is 17.5 Å². The summed E-state index contributed by atoms with van der Waals surface area (Å²) in [7, 11) is 0. The minimum atomic E-state index is 0.673. The molecule has 0 atom stereocenters. The molecule has 1 aromatic carbocycles. The molecule has 0 radical (unpaired) electrons. The van der Waals surface area contributed by atoms with Gasteiger partial charge in [0.15, 0.2) is 0 Å². The van der Waals surface area contributed by atoms with Crippen LogP contribution in [0, 0.1) is 6.92 Å². The van der Waals surface area contributed by atoms with E-state index in [0.717, 1.165) is 36.5 Å². The average molecular weight is 270 g/mol. The van der Waals surface area contributed by atoms with Crippen LogP contribution in [0.4, 0.5) is 17.5 Å². The summed E-state index contributed by atoms with van der Waals surface area (Å²) in [5.41, 5.74) is 3.41. The molecular formula is C16H22N4. The van der Waals surface area contributed by atoms with Gasteiger partial charge in [0.1, 0.15) is 5.82 Å². The van der Waals surface area contributed by atoms with Crippen LogP contribution in [0.15, 0.2) is 30.5 Å². The van der Waals surface area contributed by atoms with Crippen molar-refractivity contribution in [3.05, 3.63) is 41.6 Å². The van der Waals surface area contributed by atoms with Gasteiger partial charge in [-0.3, -0.25) is 0 Å². The van der Waals surface area contributed by atoms with E-state index in [4.69, 9.17) is 0 Å². The highest BCUT2D eigenvalue weighted by molar-refractivity contribution is 5.60. The summed E-state index contributed by atoms with van der Waals surface area (Å²) >= 11 is 0. The van der Waals surface area contributed by atoms with Crippen LogP contribution < -0.4 is 10.6 Å². The smallest absolute Gasteiger partial charge is 0.224 e.